The van der Waals surface area contributed by atoms with Gasteiger partial charge >= 0.3 is 5.97 Å². The lowest BCUT2D eigenvalue weighted by molar-refractivity contribution is -0.153. The maximum atomic E-state index is 12.7. The molecular weight excluding hydrogens is 432 g/mol. The normalized spacial score (nSPS) is 13.4. The van der Waals surface area contributed by atoms with E-state index in [1.807, 2.05) is 52.0 Å². The Morgan fingerprint density at radius 2 is 1.84 bits per heavy atom. The molecule has 0 radical (unpaired) electrons. The van der Waals surface area contributed by atoms with Crippen LogP contribution < -0.4 is 5.01 Å². The molecule has 0 amide bonds. The molecule has 1 aliphatic heterocycles. The number of aryl methyl sites for hydroxylation is 2. The molecule has 3 aromatic rings. The molecular formula is C23H25ClN4O2S. The van der Waals surface area contributed by atoms with E-state index >= 15 is 0 Å². The van der Waals surface area contributed by atoms with Crippen molar-refractivity contribution in [3.63, 3.8) is 0 Å². The molecule has 0 aliphatic carbocycles. The van der Waals surface area contributed by atoms with Crippen LogP contribution in [0.1, 0.15) is 48.0 Å². The molecule has 0 N–H and O–H groups in total. The monoisotopic (exact) mass is 456 g/mol. The summed E-state index contributed by atoms with van der Waals surface area (Å²) in [7, 11) is 0. The van der Waals surface area contributed by atoms with Gasteiger partial charge in [0, 0.05) is 26.7 Å². The number of benzene rings is 1. The quantitative estimate of drug-likeness (QED) is 0.493. The van der Waals surface area contributed by atoms with Crippen LogP contribution in [0.5, 0.6) is 0 Å². The number of fused-ring (bicyclic) bond motifs is 3. The van der Waals surface area contributed by atoms with Crippen molar-refractivity contribution < 1.29 is 9.53 Å². The number of rotatable bonds is 3. The number of hydrogen-bond donors (Lipinski definition) is 0. The Labute approximate surface area is 191 Å². The van der Waals surface area contributed by atoms with Crippen molar-refractivity contribution in [3.8, 4) is 5.00 Å². The van der Waals surface area contributed by atoms with E-state index in [1.54, 1.807) is 22.5 Å². The fourth-order valence-corrected chi connectivity index (χ4v) is 4.87. The van der Waals surface area contributed by atoms with Crippen LogP contribution in [0.25, 0.3) is 5.00 Å². The molecule has 1 aliphatic rings. The van der Waals surface area contributed by atoms with Crippen LogP contribution in [-0.2, 0) is 9.53 Å². The molecule has 0 bridgehead atoms. The molecule has 0 fully saturated rings. The standard InChI is InChI=1S/C23H25ClN4O2S/c1-13-11-25-22-27(12-18(29)30-23(4,5)6)26-20(16-7-9-17(24)10-8-16)19-14(2)15(3)31-21(19)28(13)22/h7-11H,12H2,1-6H3. The van der Waals surface area contributed by atoms with Crippen molar-refractivity contribution in [2.75, 3.05) is 11.6 Å². The fourth-order valence-electron chi connectivity index (χ4n) is 3.53. The lowest BCUT2D eigenvalue weighted by Crippen LogP contribution is -2.33. The number of imidazole rings is 1. The van der Waals surface area contributed by atoms with E-state index in [2.05, 4.69) is 23.4 Å². The third kappa shape index (κ3) is 4.12. The highest BCUT2D eigenvalue weighted by molar-refractivity contribution is 7.15. The van der Waals surface area contributed by atoms with Gasteiger partial charge in [-0.3, -0.25) is 9.36 Å². The van der Waals surface area contributed by atoms with Crippen molar-refractivity contribution in [2.45, 2.75) is 47.1 Å². The lowest BCUT2D eigenvalue weighted by Gasteiger charge is -2.23. The van der Waals surface area contributed by atoms with Gasteiger partial charge in [-0.1, -0.05) is 23.7 Å². The Bertz CT molecular complexity index is 1190. The van der Waals surface area contributed by atoms with Crippen molar-refractivity contribution in [1.29, 1.82) is 0 Å². The smallest absolute Gasteiger partial charge is 0.328 e. The molecule has 3 heterocycles. The van der Waals surface area contributed by atoms with E-state index < -0.39 is 5.60 Å². The van der Waals surface area contributed by atoms with Crippen LogP contribution in [0.15, 0.2) is 35.6 Å². The summed E-state index contributed by atoms with van der Waals surface area (Å²) in [4.78, 5) is 18.5. The van der Waals surface area contributed by atoms with Crippen LogP contribution in [0.3, 0.4) is 0 Å². The number of aromatic nitrogens is 2. The number of hydrazone groups is 1. The summed E-state index contributed by atoms with van der Waals surface area (Å²) < 4.78 is 7.63. The molecule has 8 heteroatoms. The first kappa shape index (κ1) is 21.6. The number of hydrogen-bond acceptors (Lipinski definition) is 6. The van der Waals surface area contributed by atoms with Gasteiger partial charge in [-0.05, 0) is 59.2 Å². The molecule has 0 saturated carbocycles. The Morgan fingerprint density at radius 1 is 1.16 bits per heavy atom. The first-order chi connectivity index (χ1) is 14.5. The minimum absolute atomic E-state index is 0.0439. The van der Waals surface area contributed by atoms with Gasteiger partial charge in [-0.25, -0.2) is 9.99 Å². The number of esters is 1. The summed E-state index contributed by atoms with van der Waals surface area (Å²) in [5, 5.41) is 8.28. The molecule has 0 atom stereocenters. The predicted molar refractivity (Wildman–Crippen MR) is 126 cm³/mol. The van der Waals surface area contributed by atoms with Gasteiger partial charge in [0.25, 0.3) is 0 Å². The van der Waals surface area contributed by atoms with Gasteiger partial charge in [0.05, 0.1) is 6.20 Å². The third-order valence-corrected chi connectivity index (χ3v) is 6.44. The summed E-state index contributed by atoms with van der Waals surface area (Å²) in [5.41, 5.74) is 4.29. The molecule has 6 nitrogen and oxygen atoms in total. The zero-order valence-corrected chi connectivity index (χ0v) is 20.1. The molecule has 0 unspecified atom stereocenters. The fraction of sp³-hybridized carbons (Fsp3) is 0.348. The van der Waals surface area contributed by atoms with Crippen molar-refractivity contribution in [1.82, 2.24) is 9.55 Å². The Morgan fingerprint density at radius 3 is 2.48 bits per heavy atom. The summed E-state index contributed by atoms with van der Waals surface area (Å²) in [6.45, 7) is 11.7. The number of halogens is 1. The SMILES string of the molecule is Cc1sc2c(c1C)C(c1ccc(Cl)cc1)=NN(CC(=O)OC(C)(C)C)c1ncc(C)n1-2. The van der Waals surface area contributed by atoms with Crippen molar-refractivity contribution >= 4 is 40.6 Å². The van der Waals surface area contributed by atoms with E-state index in [0.717, 1.165) is 33.1 Å². The maximum Gasteiger partial charge on any atom is 0.328 e. The van der Waals surface area contributed by atoms with Gasteiger partial charge in [-0.15, -0.1) is 11.3 Å². The van der Waals surface area contributed by atoms with Crippen molar-refractivity contribution in [3.05, 3.63) is 62.7 Å². The largest absolute Gasteiger partial charge is 0.459 e. The summed E-state index contributed by atoms with van der Waals surface area (Å²) in [5.74, 6) is 0.229. The summed E-state index contributed by atoms with van der Waals surface area (Å²) in [6, 6.07) is 7.59. The van der Waals surface area contributed by atoms with Gasteiger partial charge in [-0.2, -0.15) is 5.10 Å². The van der Waals surface area contributed by atoms with Gasteiger partial charge < -0.3 is 4.74 Å². The molecule has 1 aromatic carbocycles. The maximum absolute atomic E-state index is 12.7. The number of carbonyl (C=O) groups is 1. The first-order valence-corrected chi connectivity index (χ1v) is 11.2. The van der Waals surface area contributed by atoms with Crippen LogP contribution >= 0.6 is 22.9 Å². The van der Waals surface area contributed by atoms with Gasteiger partial charge in [0.1, 0.15) is 22.9 Å². The topological polar surface area (TPSA) is 59.7 Å². The Hall–Kier alpha value is -2.64. The zero-order valence-electron chi connectivity index (χ0n) is 18.5. The Balaban J connectivity index is 1.91. The second kappa shape index (κ2) is 7.80. The number of thiophene rings is 1. The minimum Gasteiger partial charge on any atom is -0.459 e. The third-order valence-electron chi connectivity index (χ3n) is 4.99. The average molecular weight is 457 g/mol. The van der Waals surface area contributed by atoms with Crippen molar-refractivity contribution in [2.24, 2.45) is 5.10 Å². The number of nitrogens with zero attached hydrogens (tertiary/aromatic N) is 4. The number of carbonyl (C=O) groups excluding carboxylic acids is 1. The highest BCUT2D eigenvalue weighted by Crippen LogP contribution is 2.38. The highest BCUT2D eigenvalue weighted by atomic mass is 35.5. The molecule has 162 valence electrons. The van der Waals surface area contributed by atoms with E-state index in [4.69, 9.17) is 21.4 Å². The van der Waals surface area contributed by atoms with E-state index in [9.17, 15) is 4.79 Å². The first-order valence-electron chi connectivity index (χ1n) is 10.0. The van der Waals surface area contributed by atoms with E-state index in [1.165, 1.54) is 4.88 Å². The summed E-state index contributed by atoms with van der Waals surface area (Å²) >= 11 is 7.83. The predicted octanol–water partition coefficient (Wildman–Crippen LogP) is 5.43. The second-order valence-electron chi connectivity index (χ2n) is 8.60. The van der Waals surface area contributed by atoms with Crippen LogP contribution in [0.4, 0.5) is 5.95 Å². The molecule has 31 heavy (non-hydrogen) atoms. The highest BCUT2D eigenvalue weighted by Gasteiger charge is 2.31. The van der Waals surface area contributed by atoms with E-state index in [0.29, 0.717) is 11.0 Å². The van der Waals surface area contributed by atoms with Crippen LogP contribution in [0.2, 0.25) is 5.02 Å². The van der Waals surface area contributed by atoms with Gasteiger partial charge in [0.15, 0.2) is 0 Å². The summed E-state index contributed by atoms with van der Waals surface area (Å²) in [6.07, 6.45) is 1.80. The minimum atomic E-state index is -0.580. The second-order valence-corrected chi connectivity index (χ2v) is 10.2. The molecule has 2 aromatic heterocycles. The zero-order chi connectivity index (χ0) is 22.5. The van der Waals surface area contributed by atoms with Gasteiger partial charge in [0.2, 0.25) is 5.95 Å². The number of ether oxygens (including phenoxy) is 1. The van der Waals surface area contributed by atoms with Crippen LogP contribution in [-0.4, -0.2) is 33.4 Å². The molecule has 0 saturated heterocycles. The number of anilines is 1. The Kier molecular flexibility index (Phi) is 5.43. The van der Waals surface area contributed by atoms with Crippen LogP contribution in [0, 0.1) is 20.8 Å². The molecule has 4 rings (SSSR count). The average Bonchev–Trinajstić information content (AvgIpc) is 3.14. The lowest BCUT2D eigenvalue weighted by atomic mass is 10.00. The van der Waals surface area contributed by atoms with E-state index in [-0.39, 0.29) is 12.5 Å². The molecule has 0 spiro atoms.